The van der Waals surface area contributed by atoms with Crippen LogP contribution in [-0.2, 0) is 4.74 Å². The molecular formula is C24H24ClNO4. The number of benzene rings is 3. The second-order valence-electron chi connectivity index (χ2n) is 6.53. The van der Waals surface area contributed by atoms with Gasteiger partial charge in [0.2, 0.25) is 0 Å². The molecule has 6 heteroatoms. The van der Waals surface area contributed by atoms with Crippen LogP contribution in [0.15, 0.2) is 78.9 Å². The van der Waals surface area contributed by atoms with Crippen LogP contribution in [0.5, 0.6) is 5.75 Å². The SMILES string of the molecule is COC(=O)c1ccc(NC(CC(=O)c2ccccc2)c2ccc(OC)cc2)cc1.Cl. The number of hydrogen-bond donors (Lipinski definition) is 1. The van der Waals surface area contributed by atoms with Gasteiger partial charge in [0.25, 0.3) is 0 Å². The van der Waals surface area contributed by atoms with E-state index in [1.54, 1.807) is 31.4 Å². The number of esters is 1. The molecule has 1 atom stereocenters. The Kier molecular flexibility index (Phi) is 8.44. The molecule has 0 heterocycles. The molecule has 0 aromatic heterocycles. The lowest BCUT2D eigenvalue weighted by Crippen LogP contribution is -2.16. The van der Waals surface area contributed by atoms with Gasteiger partial charge >= 0.3 is 5.97 Å². The highest BCUT2D eigenvalue weighted by molar-refractivity contribution is 5.96. The van der Waals surface area contributed by atoms with E-state index in [-0.39, 0.29) is 36.6 Å². The van der Waals surface area contributed by atoms with Crippen LogP contribution in [0.2, 0.25) is 0 Å². The minimum atomic E-state index is -0.387. The largest absolute Gasteiger partial charge is 0.497 e. The van der Waals surface area contributed by atoms with Gasteiger partial charge in [-0.15, -0.1) is 12.4 Å². The van der Waals surface area contributed by atoms with Gasteiger partial charge in [0.05, 0.1) is 25.8 Å². The van der Waals surface area contributed by atoms with Gasteiger partial charge in [-0.3, -0.25) is 4.79 Å². The summed E-state index contributed by atoms with van der Waals surface area (Å²) in [6, 6.07) is 23.6. The van der Waals surface area contributed by atoms with E-state index in [0.29, 0.717) is 11.1 Å². The lowest BCUT2D eigenvalue weighted by molar-refractivity contribution is 0.0600. The molecule has 0 saturated heterocycles. The first kappa shape index (κ1) is 23.0. The number of carbonyl (C=O) groups is 2. The standard InChI is InChI=1S/C24H23NO4.ClH/c1-28-21-14-10-17(11-15-21)22(16-23(26)18-6-4-3-5-7-18)25-20-12-8-19(9-13-20)24(27)29-2;/h3-15,22,25H,16H2,1-2H3;1H. The quantitative estimate of drug-likeness (QED) is 0.390. The number of hydrogen-bond acceptors (Lipinski definition) is 5. The van der Waals surface area contributed by atoms with Crippen LogP contribution in [0.3, 0.4) is 0 Å². The van der Waals surface area contributed by atoms with Crippen molar-refractivity contribution in [2.24, 2.45) is 0 Å². The molecule has 3 aromatic carbocycles. The zero-order valence-electron chi connectivity index (χ0n) is 16.8. The number of nitrogens with one attached hydrogen (secondary N) is 1. The molecule has 3 rings (SSSR count). The first-order valence-electron chi connectivity index (χ1n) is 9.28. The summed E-state index contributed by atoms with van der Waals surface area (Å²) in [7, 11) is 2.97. The summed E-state index contributed by atoms with van der Waals surface area (Å²) in [4.78, 5) is 24.4. The third-order valence-electron chi connectivity index (χ3n) is 4.65. The van der Waals surface area contributed by atoms with E-state index >= 15 is 0 Å². The molecule has 0 fully saturated rings. The van der Waals surface area contributed by atoms with Gasteiger partial charge in [0, 0.05) is 17.7 Å². The molecule has 30 heavy (non-hydrogen) atoms. The summed E-state index contributed by atoms with van der Waals surface area (Å²) < 4.78 is 9.97. The van der Waals surface area contributed by atoms with Crippen molar-refractivity contribution >= 4 is 29.8 Å². The van der Waals surface area contributed by atoms with Gasteiger partial charge in [0.1, 0.15) is 5.75 Å². The van der Waals surface area contributed by atoms with Gasteiger partial charge in [0.15, 0.2) is 5.78 Å². The second kappa shape index (κ2) is 11.0. The molecular weight excluding hydrogens is 402 g/mol. The minimum Gasteiger partial charge on any atom is -0.497 e. The maximum atomic E-state index is 12.8. The van der Waals surface area contributed by atoms with E-state index in [1.807, 2.05) is 54.6 Å². The molecule has 0 aliphatic rings. The van der Waals surface area contributed by atoms with E-state index < -0.39 is 0 Å². The predicted octanol–water partition coefficient (Wildman–Crippen LogP) is 5.33. The number of halogens is 1. The molecule has 0 aliphatic heterocycles. The first-order valence-corrected chi connectivity index (χ1v) is 9.28. The summed E-state index contributed by atoms with van der Waals surface area (Å²) in [5, 5.41) is 3.40. The Hall–Kier alpha value is -3.31. The van der Waals surface area contributed by atoms with Crippen LogP contribution in [-0.4, -0.2) is 26.0 Å². The normalized spacial score (nSPS) is 11.0. The highest BCUT2D eigenvalue weighted by Gasteiger charge is 2.18. The first-order chi connectivity index (χ1) is 14.1. The van der Waals surface area contributed by atoms with Crippen molar-refractivity contribution in [2.75, 3.05) is 19.5 Å². The Morgan fingerprint density at radius 3 is 2.03 bits per heavy atom. The molecule has 0 bridgehead atoms. The summed E-state index contributed by atoms with van der Waals surface area (Å²) in [6.45, 7) is 0. The maximum Gasteiger partial charge on any atom is 0.337 e. The maximum absolute atomic E-state index is 12.8. The third-order valence-corrected chi connectivity index (χ3v) is 4.65. The number of ether oxygens (including phenoxy) is 2. The van der Waals surface area contributed by atoms with E-state index in [4.69, 9.17) is 9.47 Å². The average Bonchev–Trinajstić information content (AvgIpc) is 2.79. The van der Waals surface area contributed by atoms with Crippen molar-refractivity contribution in [2.45, 2.75) is 12.5 Å². The highest BCUT2D eigenvalue weighted by atomic mass is 35.5. The monoisotopic (exact) mass is 425 g/mol. The van der Waals surface area contributed by atoms with Crippen molar-refractivity contribution in [3.63, 3.8) is 0 Å². The Labute approximate surface area is 182 Å². The zero-order chi connectivity index (χ0) is 20.6. The van der Waals surface area contributed by atoms with Gasteiger partial charge < -0.3 is 14.8 Å². The molecule has 5 nitrogen and oxygen atoms in total. The highest BCUT2D eigenvalue weighted by Crippen LogP contribution is 2.26. The Morgan fingerprint density at radius 2 is 1.47 bits per heavy atom. The third kappa shape index (κ3) is 5.84. The van der Waals surface area contributed by atoms with Gasteiger partial charge in [-0.1, -0.05) is 42.5 Å². The number of Topliss-reactive ketones (excluding diaryl/α,β-unsaturated/α-hetero) is 1. The van der Waals surface area contributed by atoms with Crippen molar-refractivity contribution in [3.8, 4) is 5.75 Å². The average molecular weight is 426 g/mol. The summed E-state index contributed by atoms with van der Waals surface area (Å²) in [5.74, 6) is 0.414. The second-order valence-corrected chi connectivity index (χ2v) is 6.53. The summed E-state index contributed by atoms with van der Waals surface area (Å²) in [5.41, 5.74) is 2.92. The molecule has 0 aliphatic carbocycles. The topological polar surface area (TPSA) is 64.6 Å². The number of anilines is 1. The van der Waals surface area contributed by atoms with E-state index in [2.05, 4.69) is 5.32 Å². The summed E-state index contributed by atoms with van der Waals surface area (Å²) in [6.07, 6.45) is 0.287. The molecule has 1 N–H and O–H groups in total. The Morgan fingerprint density at radius 1 is 0.833 bits per heavy atom. The van der Waals surface area contributed by atoms with Crippen LogP contribution in [0.4, 0.5) is 5.69 Å². The number of rotatable bonds is 8. The van der Waals surface area contributed by atoms with Gasteiger partial charge in [-0.25, -0.2) is 4.79 Å². The molecule has 0 radical (unpaired) electrons. The van der Waals surface area contributed by atoms with Crippen LogP contribution < -0.4 is 10.1 Å². The Balaban J connectivity index is 0.00000320. The van der Waals surface area contributed by atoms with Gasteiger partial charge in [-0.2, -0.15) is 0 Å². The minimum absolute atomic E-state index is 0. The fraction of sp³-hybridized carbons (Fsp3) is 0.167. The smallest absolute Gasteiger partial charge is 0.337 e. The number of methoxy groups -OCH3 is 2. The fourth-order valence-corrected chi connectivity index (χ4v) is 3.04. The number of carbonyl (C=O) groups excluding carboxylic acids is 2. The van der Waals surface area contributed by atoms with Crippen molar-refractivity contribution in [1.82, 2.24) is 0 Å². The van der Waals surface area contributed by atoms with E-state index in [1.165, 1.54) is 7.11 Å². The molecule has 0 spiro atoms. The zero-order valence-corrected chi connectivity index (χ0v) is 17.6. The van der Waals surface area contributed by atoms with Crippen molar-refractivity contribution in [1.29, 1.82) is 0 Å². The number of ketones is 1. The van der Waals surface area contributed by atoms with Crippen LogP contribution in [0, 0.1) is 0 Å². The molecule has 0 amide bonds. The van der Waals surface area contributed by atoms with Crippen LogP contribution in [0.1, 0.15) is 38.7 Å². The molecule has 1 unspecified atom stereocenters. The van der Waals surface area contributed by atoms with Crippen LogP contribution >= 0.6 is 12.4 Å². The fourth-order valence-electron chi connectivity index (χ4n) is 3.04. The Bertz CT molecular complexity index is 957. The van der Waals surface area contributed by atoms with Crippen LogP contribution in [0.25, 0.3) is 0 Å². The molecule has 156 valence electrons. The lowest BCUT2D eigenvalue weighted by Gasteiger charge is -2.20. The molecule has 0 saturated carbocycles. The summed E-state index contributed by atoms with van der Waals surface area (Å²) >= 11 is 0. The molecule has 3 aromatic rings. The van der Waals surface area contributed by atoms with Crippen molar-refractivity contribution < 1.29 is 19.1 Å². The van der Waals surface area contributed by atoms with E-state index in [9.17, 15) is 9.59 Å². The van der Waals surface area contributed by atoms with Crippen molar-refractivity contribution in [3.05, 3.63) is 95.6 Å². The van der Waals surface area contributed by atoms with Gasteiger partial charge in [-0.05, 0) is 42.0 Å². The lowest BCUT2D eigenvalue weighted by atomic mass is 9.97. The van der Waals surface area contributed by atoms with E-state index in [0.717, 1.165) is 17.0 Å². The predicted molar refractivity (Wildman–Crippen MR) is 120 cm³/mol.